The summed E-state index contributed by atoms with van der Waals surface area (Å²) in [6, 6.07) is 7.36. The van der Waals surface area contributed by atoms with Crippen LogP contribution in [0.2, 0.25) is 0 Å². The average molecular weight is 542 g/mol. The number of aliphatic hydroxyl groups excluding tert-OH is 1. The Bertz CT molecular complexity index is 1280. The third-order valence-corrected chi connectivity index (χ3v) is 7.06. The van der Waals surface area contributed by atoms with Gasteiger partial charge in [-0.3, -0.25) is 0 Å². The molecule has 1 aliphatic heterocycles. The number of likely N-dealkylation sites (N-methyl/N-ethyl adjacent to an activating group) is 1. The molecule has 3 atom stereocenters. The highest BCUT2D eigenvalue weighted by molar-refractivity contribution is 5.71. The third-order valence-electron chi connectivity index (χ3n) is 7.06. The number of amides is 1. The normalized spacial score (nSPS) is 18.2. The van der Waals surface area contributed by atoms with Crippen molar-refractivity contribution in [2.45, 2.75) is 45.9 Å². The van der Waals surface area contributed by atoms with Crippen molar-refractivity contribution in [2.24, 2.45) is 5.92 Å². The first-order valence-corrected chi connectivity index (χ1v) is 13.0. The Kier molecular flexibility index (Phi) is 9.13. The highest BCUT2D eigenvalue weighted by atomic mass is 19.1. The molecule has 1 aromatic carbocycles. The molecule has 2 aromatic heterocycles. The van der Waals surface area contributed by atoms with Crippen LogP contribution in [-0.4, -0.2) is 83.9 Å². The Morgan fingerprint density at radius 3 is 2.77 bits per heavy atom. The number of alkyl halides is 1. The highest BCUT2D eigenvalue weighted by Gasteiger charge is 2.33. The number of hydrogen-bond donors (Lipinski definition) is 2. The van der Waals surface area contributed by atoms with E-state index in [4.69, 9.17) is 24.0 Å². The number of carbonyl (C=O) groups excluding carboxylic acids is 1. The smallest absolute Gasteiger partial charge is 0.409 e. The van der Waals surface area contributed by atoms with E-state index in [1.165, 1.54) is 12.0 Å². The highest BCUT2D eigenvalue weighted by Crippen LogP contribution is 2.34. The van der Waals surface area contributed by atoms with Crippen molar-refractivity contribution in [2.75, 3.05) is 40.4 Å². The van der Waals surface area contributed by atoms with E-state index in [-0.39, 0.29) is 19.1 Å². The second-order valence-corrected chi connectivity index (χ2v) is 9.90. The fourth-order valence-corrected chi connectivity index (χ4v) is 4.89. The van der Waals surface area contributed by atoms with E-state index in [0.717, 1.165) is 22.4 Å². The van der Waals surface area contributed by atoms with Gasteiger partial charge >= 0.3 is 6.09 Å². The van der Waals surface area contributed by atoms with Gasteiger partial charge in [0, 0.05) is 24.3 Å². The largest absolute Gasteiger partial charge is 0.491 e. The first-order valence-electron chi connectivity index (χ1n) is 13.0. The minimum atomic E-state index is -1.21. The van der Waals surface area contributed by atoms with Crippen molar-refractivity contribution >= 4 is 6.09 Å². The van der Waals surface area contributed by atoms with Gasteiger partial charge in [0.2, 0.25) is 0 Å². The summed E-state index contributed by atoms with van der Waals surface area (Å²) in [5.74, 6) is 1.37. The van der Waals surface area contributed by atoms with Gasteiger partial charge in [0.1, 0.15) is 30.4 Å². The summed E-state index contributed by atoms with van der Waals surface area (Å²) in [7, 11) is 3.06. The quantitative estimate of drug-likeness (QED) is 0.418. The van der Waals surface area contributed by atoms with Crippen LogP contribution in [0.15, 0.2) is 28.8 Å². The van der Waals surface area contributed by atoms with Crippen LogP contribution in [0.25, 0.3) is 22.6 Å². The van der Waals surface area contributed by atoms with E-state index in [9.17, 15) is 9.90 Å². The van der Waals surface area contributed by atoms with Gasteiger partial charge in [-0.2, -0.15) is 0 Å². The van der Waals surface area contributed by atoms with E-state index < -0.39 is 18.4 Å². The minimum Gasteiger partial charge on any atom is -0.491 e. The maximum absolute atomic E-state index is 15.2. The molecule has 2 N–H and O–H groups in total. The summed E-state index contributed by atoms with van der Waals surface area (Å²) in [6.45, 7) is 6.59. The van der Waals surface area contributed by atoms with Gasteiger partial charge in [0.15, 0.2) is 5.82 Å². The van der Waals surface area contributed by atoms with Crippen molar-refractivity contribution in [3.8, 4) is 28.4 Å². The van der Waals surface area contributed by atoms with Crippen LogP contribution in [0.3, 0.4) is 0 Å². The maximum atomic E-state index is 15.2. The van der Waals surface area contributed by atoms with Crippen molar-refractivity contribution in [1.29, 1.82) is 0 Å². The van der Waals surface area contributed by atoms with E-state index in [1.54, 1.807) is 7.05 Å². The Morgan fingerprint density at radius 2 is 2.10 bits per heavy atom. The number of methoxy groups -OCH3 is 1. The fourth-order valence-electron chi connectivity index (χ4n) is 4.89. The predicted molar refractivity (Wildman–Crippen MR) is 143 cm³/mol. The minimum absolute atomic E-state index is 0.0101. The molecule has 1 unspecified atom stereocenters. The Morgan fingerprint density at radius 1 is 1.31 bits per heavy atom. The van der Waals surface area contributed by atoms with Crippen LogP contribution in [0.1, 0.15) is 29.1 Å². The van der Waals surface area contributed by atoms with Crippen molar-refractivity contribution < 1.29 is 28.3 Å². The number of rotatable bonds is 9. The van der Waals surface area contributed by atoms with Gasteiger partial charge in [-0.15, -0.1) is 0 Å². The molecule has 0 bridgehead atoms. The number of carbonyl (C=O) groups is 1. The first kappa shape index (κ1) is 28.4. The van der Waals surface area contributed by atoms with Gasteiger partial charge in [0.25, 0.3) is 0 Å². The van der Waals surface area contributed by atoms with Gasteiger partial charge < -0.3 is 29.3 Å². The number of benzene rings is 1. The van der Waals surface area contributed by atoms with Crippen LogP contribution < -0.4 is 10.1 Å². The second-order valence-electron chi connectivity index (χ2n) is 9.90. The molecule has 1 aliphatic rings. The lowest BCUT2D eigenvalue weighted by atomic mass is 9.88. The number of nitrogens with one attached hydrogen (secondary N) is 1. The standard InChI is InChI=1S/C28H36FN5O5/c1-16-24(12-19-9-10-34(14-23(19)29)28(36)37-5)31-27(32-26(16)25-17(2)33-39-18(25)3)20-7-6-8-22(11-20)38-15-21(35)13-30-4/h6-8,11,19,21,23,30,35H,9-10,12-15H2,1-5H3/t19-,21?,23-/m0/s1. The molecule has 4 rings (SSSR count). The molecule has 0 radical (unpaired) electrons. The van der Waals surface area contributed by atoms with E-state index in [0.29, 0.717) is 54.7 Å². The van der Waals surface area contributed by atoms with Gasteiger partial charge in [-0.1, -0.05) is 17.3 Å². The van der Waals surface area contributed by atoms with E-state index in [1.807, 2.05) is 45.0 Å². The van der Waals surface area contributed by atoms with Crippen molar-refractivity contribution in [1.82, 2.24) is 25.3 Å². The number of aliphatic hydroxyl groups is 1. The van der Waals surface area contributed by atoms with Gasteiger partial charge in [-0.25, -0.2) is 19.2 Å². The molecular formula is C28H36FN5O5. The zero-order valence-corrected chi connectivity index (χ0v) is 23.0. The van der Waals surface area contributed by atoms with Crippen LogP contribution in [0, 0.1) is 26.7 Å². The van der Waals surface area contributed by atoms with Crippen LogP contribution in [-0.2, 0) is 11.2 Å². The number of likely N-dealkylation sites (tertiary alicyclic amines) is 1. The first-order chi connectivity index (χ1) is 18.7. The lowest BCUT2D eigenvalue weighted by Gasteiger charge is -2.34. The Hall–Kier alpha value is -3.57. The number of piperidine rings is 1. The molecule has 1 saturated heterocycles. The molecule has 3 heterocycles. The molecule has 11 heteroatoms. The summed E-state index contributed by atoms with van der Waals surface area (Å²) in [6.07, 6.45) is -1.49. The van der Waals surface area contributed by atoms with Gasteiger partial charge in [-0.05, 0) is 64.3 Å². The zero-order valence-electron chi connectivity index (χ0n) is 23.0. The van der Waals surface area contributed by atoms with Crippen molar-refractivity contribution in [3.63, 3.8) is 0 Å². The SMILES string of the molecule is CNCC(O)COc1cccc(-c2nc(C[C@@H]3CCN(C(=O)OC)C[C@@H]3F)c(C)c(-c3c(C)noc3C)n2)c1. The third kappa shape index (κ3) is 6.54. The summed E-state index contributed by atoms with van der Waals surface area (Å²) in [5.41, 5.74) is 4.46. The molecule has 0 spiro atoms. The molecule has 10 nitrogen and oxygen atoms in total. The molecule has 39 heavy (non-hydrogen) atoms. The number of aryl methyl sites for hydroxylation is 2. The zero-order chi connectivity index (χ0) is 28.1. The van der Waals surface area contributed by atoms with Crippen LogP contribution in [0.4, 0.5) is 9.18 Å². The van der Waals surface area contributed by atoms with Gasteiger partial charge in [0.05, 0.1) is 30.6 Å². The number of halogens is 1. The number of aromatic nitrogens is 3. The number of ether oxygens (including phenoxy) is 2. The van der Waals surface area contributed by atoms with Crippen LogP contribution in [0.5, 0.6) is 5.75 Å². The summed E-state index contributed by atoms with van der Waals surface area (Å²) in [4.78, 5) is 23.1. The monoisotopic (exact) mass is 541 g/mol. The molecule has 3 aromatic rings. The molecular weight excluding hydrogens is 505 g/mol. The molecule has 1 fully saturated rings. The lowest BCUT2D eigenvalue weighted by molar-refractivity contribution is 0.0657. The Labute approximate surface area is 227 Å². The lowest BCUT2D eigenvalue weighted by Crippen LogP contribution is -2.45. The summed E-state index contributed by atoms with van der Waals surface area (Å²) in [5, 5.41) is 17.0. The Balaban J connectivity index is 1.68. The second kappa shape index (κ2) is 12.5. The summed E-state index contributed by atoms with van der Waals surface area (Å²) < 4.78 is 31.2. The van der Waals surface area contributed by atoms with Crippen LogP contribution >= 0.6 is 0 Å². The molecule has 0 saturated carbocycles. The van der Waals surface area contributed by atoms with E-state index in [2.05, 4.69) is 10.5 Å². The number of nitrogens with zero attached hydrogens (tertiary/aromatic N) is 4. The molecule has 0 aliphatic carbocycles. The summed E-state index contributed by atoms with van der Waals surface area (Å²) >= 11 is 0. The maximum Gasteiger partial charge on any atom is 0.409 e. The molecule has 210 valence electrons. The average Bonchev–Trinajstić information content (AvgIpc) is 3.26. The fraction of sp³-hybridized carbons (Fsp3) is 0.500. The predicted octanol–water partition coefficient (Wildman–Crippen LogP) is 3.65. The van der Waals surface area contributed by atoms with Crippen molar-refractivity contribution in [3.05, 3.63) is 47.0 Å². The molecule has 1 amide bonds. The topological polar surface area (TPSA) is 123 Å². The van der Waals surface area contributed by atoms with E-state index >= 15 is 4.39 Å². The number of hydrogen-bond acceptors (Lipinski definition) is 9.